The fourth-order valence-electron chi connectivity index (χ4n) is 1.89. The van der Waals surface area contributed by atoms with Crippen molar-refractivity contribution in [2.45, 2.75) is 31.5 Å². The van der Waals surface area contributed by atoms with Gasteiger partial charge in [-0.25, -0.2) is 0 Å². The van der Waals surface area contributed by atoms with Crippen LogP contribution in [-0.2, 0) is 10.2 Å². The molecule has 0 aromatic heterocycles. The van der Waals surface area contributed by atoms with E-state index in [0.717, 1.165) is 12.8 Å². The highest BCUT2D eigenvalue weighted by Gasteiger charge is 2.33. The normalized spacial score (nSPS) is 26.4. The predicted octanol–water partition coefficient (Wildman–Crippen LogP) is 0.100. The van der Waals surface area contributed by atoms with Crippen LogP contribution in [-0.4, -0.2) is 33.7 Å². The average molecular weight is 275 g/mol. The standard InChI is InChI=1S/C8H16F3N3O2S/c9-8(10,11)5-13-17(15,16)14-7-3-1-2-6(7)4-12/h6-7,13-14H,1-5,12H2. The third-order valence-corrected chi connectivity index (χ3v) is 3.87. The second-order valence-electron chi connectivity index (χ2n) is 4.09. The fourth-order valence-corrected chi connectivity index (χ4v) is 3.04. The lowest BCUT2D eigenvalue weighted by Crippen LogP contribution is -2.47. The molecule has 0 saturated heterocycles. The number of nitrogens with one attached hydrogen (secondary N) is 2. The molecule has 1 aliphatic rings. The van der Waals surface area contributed by atoms with Crippen LogP contribution in [0.5, 0.6) is 0 Å². The molecule has 0 amide bonds. The molecule has 0 radical (unpaired) electrons. The molecule has 5 nitrogen and oxygen atoms in total. The van der Waals surface area contributed by atoms with Crippen molar-refractivity contribution in [2.75, 3.05) is 13.1 Å². The van der Waals surface area contributed by atoms with Gasteiger partial charge in [0.2, 0.25) is 0 Å². The minimum absolute atomic E-state index is 0.00235. The Morgan fingerprint density at radius 2 is 1.94 bits per heavy atom. The van der Waals surface area contributed by atoms with Crippen LogP contribution in [0.2, 0.25) is 0 Å². The number of rotatable bonds is 5. The largest absolute Gasteiger partial charge is 0.402 e. The molecule has 0 aromatic rings. The highest BCUT2D eigenvalue weighted by Crippen LogP contribution is 2.25. The summed E-state index contributed by atoms with van der Waals surface area (Å²) in [7, 11) is -4.12. The van der Waals surface area contributed by atoms with Gasteiger partial charge in [0.05, 0.1) is 0 Å². The zero-order valence-electron chi connectivity index (χ0n) is 9.13. The zero-order chi connectivity index (χ0) is 13.1. The van der Waals surface area contributed by atoms with E-state index in [9.17, 15) is 21.6 Å². The van der Waals surface area contributed by atoms with Crippen LogP contribution in [0.25, 0.3) is 0 Å². The maximum atomic E-state index is 11.9. The third kappa shape index (κ3) is 5.19. The molecule has 1 aliphatic carbocycles. The Labute approximate surface area is 98.1 Å². The van der Waals surface area contributed by atoms with E-state index in [-0.39, 0.29) is 12.0 Å². The van der Waals surface area contributed by atoms with Gasteiger partial charge in [-0.15, -0.1) is 0 Å². The highest BCUT2D eigenvalue weighted by molar-refractivity contribution is 7.87. The Morgan fingerprint density at radius 3 is 2.47 bits per heavy atom. The first kappa shape index (κ1) is 14.7. The van der Waals surface area contributed by atoms with Gasteiger partial charge in [0.25, 0.3) is 10.2 Å². The van der Waals surface area contributed by atoms with E-state index in [4.69, 9.17) is 5.73 Å². The van der Waals surface area contributed by atoms with Gasteiger partial charge < -0.3 is 5.73 Å². The second kappa shape index (κ2) is 5.51. The number of hydrogen-bond donors (Lipinski definition) is 3. The molecule has 4 N–H and O–H groups in total. The molecule has 102 valence electrons. The summed E-state index contributed by atoms with van der Waals surface area (Å²) in [5, 5.41) is 0. The molecule has 1 saturated carbocycles. The monoisotopic (exact) mass is 275 g/mol. The van der Waals surface area contributed by atoms with Crippen molar-refractivity contribution < 1.29 is 21.6 Å². The van der Waals surface area contributed by atoms with E-state index in [1.807, 2.05) is 0 Å². The number of halogens is 3. The van der Waals surface area contributed by atoms with Gasteiger partial charge in [-0.05, 0) is 25.3 Å². The zero-order valence-corrected chi connectivity index (χ0v) is 9.94. The SMILES string of the molecule is NCC1CCCC1NS(=O)(=O)NCC(F)(F)F. The molecular weight excluding hydrogens is 259 g/mol. The van der Waals surface area contributed by atoms with E-state index < -0.39 is 22.9 Å². The summed E-state index contributed by atoms with van der Waals surface area (Å²) in [4.78, 5) is 0. The molecule has 2 atom stereocenters. The molecule has 0 spiro atoms. The van der Waals surface area contributed by atoms with Crippen molar-refractivity contribution in [2.24, 2.45) is 11.7 Å². The molecule has 0 heterocycles. The molecule has 1 fully saturated rings. The predicted molar refractivity (Wildman–Crippen MR) is 56.3 cm³/mol. The lowest BCUT2D eigenvalue weighted by molar-refractivity contribution is -0.121. The minimum Gasteiger partial charge on any atom is -0.330 e. The maximum absolute atomic E-state index is 11.9. The van der Waals surface area contributed by atoms with Crippen molar-refractivity contribution in [3.05, 3.63) is 0 Å². The minimum atomic E-state index is -4.56. The number of nitrogens with two attached hydrogens (primary N) is 1. The summed E-state index contributed by atoms with van der Waals surface area (Å²) in [6.45, 7) is -1.24. The summed E-state index contributed by atoms with van der Waals surface area (Å²) in [6, 6.07) is -0.370. The van der Waals surface area contributed by atoms with Gasteiger partial charge in [-0.3, -0.25) is 0 Å². The van der Waals surface area contributed by atoms with Crippen LogP contribution in [0.15, 0.2) is 0 Å². The summed E-state index contributed by atoms with van der Waals surface area (Å²) in [5.74, 6) is -0.00235. The quantitative estimate of drug-likeness (QED) is 0.665. The van der Waals surface area contributed by atoms with Crippen molar-refractivity contribution in [3.8, 4) is 0 Å². The van der Waals surface area contributed by atoms with E-state index in [1.54, 1.807) is 0 Å². The van der Waals surface area contributed by atoms with Crippen LogP contribution < -0.4 is 15.2 Å². The molecule has 9 heteroatoms. The number of alkyl halides is 3. The van der Waals surface area contributed by atoms with E-state index in [0.29, 0.717) is 13.0 Å². The molecule has 17 heavy (non-hydrogen) atoms. The molecular formula is C8H16F3N3O2S. The topological polar surface area (TPSA) is 84.2 Å². The fraction of sp³-hybridized carbons (Fsp3) is 1.00. The Balaban J connectivity index is 2.49. The lowest BCUT2D eigenvalue weighted by atomic mass is 10.1. The third-order valence-electron chi connectivity index (χ3n) is 2.73. The molecule has 0 aliphatic heterocycles. The first-order valence-corrected chi connectivity index (χ1v) is 6.75. The van der Waals surface area contributed by atoms with E-state index in [2.05, 4.69) is 4.72 Å². The smallest absolute Gasteiger partial charge is 0.330 e. The van der Waals surface area contributed by atoms with Gasteiger partial charge in [0.1, 0.15) is 6.54 Å². The average Bonchev–Trinajstić information content (AvgIpc) is 2.61. The highest BCUT2D eigenvalue weighted by atomic mass is 32.2. The van der Waals surface area contributed by atoms with Crippen LogP contribution >= 0.6 is 0 Å². The van der Waals surface area contributed by atoms with Crippen LogP contribution in [0.1, 0.15) is 19.3 Å². The van der Waals surface area contributed by atoms with Crippen molar-refractivity contribution in [1.29, 1.82) is 0 Å². The molecule has 0 bridgehead atoms. The number of hydrogen-bond acceptors (Lipinski definition) is 3. The molecule has 2 unspecified atom stereocenters. The first-order valence-electron chi connectivity index (χ1n) is 5.27. The van der Waals surface area contributed by atoms with Gasteiger partial charge in [0, 0.05) is 6.04 Å². The first-order chi connectivity index (χ1) is 7.73. The van der Waals surface area contributed by atoms with Gasteiger partial charge in [-0.2, -0.15) is 31.0 Å². The van der Waals surface area contributed by atoms with Gasteiger partial charge in [-0.1, -0.05) is 6.42 Å². The molecule has 1 rings (SSSR count). The van der Waals surface area contributed by atoms with Crippen LogP contribution in [0.3, 0.4) is 0 Å². The maximum Gasteiger partial charge on any atom is 0.402 e. The van der Waals surface area contributed by atoms with Crippen LogP contribution in [0, 0.1) is 5.92 Å². The summed E-state index contributed by atoms with van der Waals surface area (Å²) in [5.41, 5.74) is 5.45. The van der Waals surface area contributed by atoms with Crippen molar-refractivity contribution in [3.63, 3.8) is 0 Å². The second-order valence-corrected chi connectivity index (χ2v) is 5.62. The van der Waals surface area contributed by atoms with Gasteiger partial charge >= 0.3 is 6.18 Å². The Bertz CT molecular complexity index is 344. The Morgan fingerprint density at radius 1 is 1.29 bits per heavy atom. The summed E-state index contributed by atoms with van der Waals surface area (Å²) >= 11 is 0. The Hall–Kier alpha value is -0.380. The van der Waals surface area contributed by atoms with E-state index >= 15 is 0 Å². The van der Waals surface area contributed by atoms with Crippen molar-refractivity contribution >= 4 is 10.2 Å². The van der Waals surface area contributed by atoms with Gasteiger partial charge in [0.15, 0.2) is 0 Å². The van der Waals surface area contributed by atoms with E-state index in [1.165, 1.54) is 4.72 Å². The van der Waals surface area contributed by atoms with Crippen LogP contribution in [0.4, 0.5) is 13.2 Å². The molecule has 0 aromatic carbocycles. The summed E-state index contributed by atoms with van der Waals surface area (Å²) < 4.78 is 61.9. The lowest BCUT2D eigenvalue weighted by Gasteiger charge is -2.19. The van der Waals surface area contributed by atoms with Crippen molar-refractivity contribution in [1.82, 2.24) is 9.44 Å². The summed E-state index contributed by atoms with van der Waals surface area (Å²) in [6.07, 6.45) is -2.33. The Kier molecular flexibility index (Phi) is 4.76.